The minimum atomic E-state index is -0.0972. The Hall–Kier alpha value is -1.71. The van der Waals surface area contributed by atoms with Crippen molar-refractivity contribution in [2.45, 2.75) is 20.8 Å². The molecule has 0 aliphatic heterocycles. The number of methoxy groups -OCH3 is 1. The summed E-state index contributed by atoms with van der Waals surface area (Å²) in [5, 5.41) is 2.78. The van der Waals surface area contributed by atoms with E-state index in [4.69, 9.17) is 4.74 Å². The Morgan fingerprint density at radius 1 is 1.35 bits per heavy atom. The Labute approximate surface area is 103 Å². The van der Waals surface area contributed by atoms with Gasteiger partial charge in [-0.15, -0.1) is 0 Å². The molecule has 1 N–H and O–H groups in total. The summed E-state index contributed by atoms with van der Waals surface area (Å²) >= 11 is 0. The van der Waals surface area contributed by atoms with Crippen molar-refractivity contribution in [3.05, 3.63) is 18.2 Å². The lowest BCUT2D eigenvalue weighted by Gasteiger charge is -2.24. The molecule has 0 aromatic heterocycles. The van der Waals surface area contributed by atoms with Gasteiger partial charge in [-0.25, -0.2) is 0 Å². The Morgan fingerprint density at radius 3 is 2.47 bits per heavy atom. The van der Waals surface area contributed by atoms with Crippen LogP contribution in [0.1, 0.15) is 20.8 Å². The summed E-state index contributed by atoms with van der Waals surface area (Å²) in [5.74, 6) is 0.617. The molecule has 0 saturated carbocycles. The van der Waals surface area contributed by atoms with Crippen molar-refractivity contribution < 1.29 is 9.53 Å². The lowest BCUT2D eigenvalue weighted by atomic mass is 10.2. The van der Waals surface area contributed by atoms with E-state index >= 15 is 0 Å². The van der Waals surface area contributed by atoms with Gasteiger partial charge in [-0.05, 0) is 26.0 Å². The number of amides is 1. The lowest BCUT2D eigenvalue weighted by molar-refractivity contribution is -0.114. The maximum absolute atomic E-state index is 11.1. The molecule has 17 heavy (non-hydrogen) atoms. The number of hydrogen-bond acceptors (Lipinski definition) is 3. The molecule has 1 rings (SSSR count). The largest absolute Gasteiger partial charge is 0.492 e. The zero-order chi connectivity index (χ0) is 12.8. The van der Waals surface area contributed by atoms with Gasteiger partial charge in [-0.3, -0.25) is 4.79 Å². The number of ether oxygens (including phenoxy) is 1. The number of benzene rings is 1. The van der Waals surface area contributed by atoms with Crippen molar-refractivity contribution in [3.8, 4) is 5.75 Å². The second-order valence-electron chi connectivity index (χ2n) is 3.71. The quantitative estimate of drug-likeness (QED) is 0.854. The maximum Gasteiger partial charge on any atom is 0.221 e. The SMILES string of the molecule is CCN(CC)c1cccc(NC(C)=O)c1OC. The molecule has 0 spiro atoms. The molecule has 4 heteroatoms. The topological polar surface area (TPSA) is 41.6 Å². The predicted molar refractivity (Wildman–Crippen MR) is 70.9 cm³/mol. The van der Waals surface area contributed by atoms with Crippen molar-refractivity contribution in [3.63, 3.8) is 0 Å². The summed E-state index contributed by atoms with van der Waals surface area (Å²) in [5.41, 5.74) is 1.72. The Bertz CT molecular complexity index is 387. The smallest absolute Gasteiger partial charge is 0.221 e. The average Bonchev–Trinajstić information content (AvgIpc) is 2.30. The molecule has 0 saturated heterocycles. The fourth-order valence-corrected chi connectivity index (χ4v) is 1.84. The van der Waals surface area contributed by atoms with Crippen LogP contribution in [-0.4, -0.2) is 26.1 Å². The van der Waals surface area contributed by atoms with Gasteiger partial charge in [-0.1, -0.05) is 6.07 Å². The first kappa shape index (κ1) is 13.4. The van der Waals surface area contributed by atoms with Crippen LogP contribution in [0.5, 0.6) is 5.75 Å². The monoisotopic (exact) mass is 236 g/mol. The highest BCUT2D eigenvalue weighted by Gasteiger charge is 2.13. The highest BCUT2D eigenvalue weighted by molar-refractivity contribution is 5.92. The summed E-state index contributed by atoms with van der Waals surface area (Å²) in [6.45, 7) is 7.47. The third kappa shape index (κ3) is 3.12. The van der Waals surface area contributed by atoms with Gasteiger partial charge in [0.15, 0.2) is 5.75 Å². The van der Waals surface area contributed by atoms with E-state index in [9.17, 15) is 4.79 Å². The average molecular weight is 236 g/mol. The number of hydrogen-bond donors (Lipinski definition) is 1. The van der Waals surface area contributed by atoms with Gasteiger partial charge in [0.05, 0.1) is 18.5 Å². The fourth-order valence-electron chi connectivity index (χ4n) is 1.84. The molecular weight excluding hydrogens is 216 g/mol. The minimum Gasteiger partial charge on any atom is -0.492 e. The van der Waals surface area contributed by atoms with Crippen molar-refractivity contribution in [2.24, 2.45) is 0 Å². The van der Waals surface area contributed by atoms with Crippen LogP contribution in [0.2, 0.25) is 0 Å². The number of para-hydroxylation sites is 1. The minimum absolute atomic E-state index is 0.0972. The van der Waals surface area contributed by atoms with Crippen LogP contribution < -0.4 is 15.0 Å². The van der Waals surface area contributed by atoms with Gasteiger partial charge < -0.3 is 15.0 Å². The molecule has 0 heterocycles. The van der Waals surface area contributed by atoms with Gasteiger partial charge in [0, 0.05) is 20.0 Å². The number of carbonyl (C=O) groups is 1. The molecule has 1 amide bonds. The van der Waals surface area contributed by atoms with E-state index < -0.39 is 0 Å². The number of anilines is 2. The van der Waals surface area contributed by atoms with E-state index in [0.29, 0.717) is 11.4 Å². The highest BCUT2D eigenvalue weighted by atomic mass is 16.5. The van der Waals surface area contributed by atoms with Crippen molar-refractivity contribution in [1.29, 1.82) is 0 Å². The first-order valence-electron chi connectivity index (χ1n) is 5.83. The molecule has 94 valence electrons. The Balaban J connectivity index is 3.17. The van der Waals surface area contributed by atoms with Gasteiger partial charge in [0.1, 0.15) is 0 Å². The molecule has 1 aromatic carbocycles. The predicted octanol–water partition coefficient (Wildman–Crippen LogP) is 2.50. The molecule has 4 nitrogen and oxygen atoms in total. The Morgan fingerprint density at radius 2 is 2.00 bits per heavy atom. The second-order valence-corrected chi connectivity index (χ2v) is 3.71. The van der Waals surface area contributed by atoms with Crippen LogP contribution in [0.3, 0.4) is 0 Å². The number of nitrogens with zero attached hydrogens (tertiary/aromatic N) is 1. The van der Waals surface area contributed by atoms with Crippen molar-refractivity contribution in [1.82, 2.24) is 0 Å². The van der Waals surface area contributed by atoms with E-state index in [1.54, 1.807) is 7.11 Å². The van der Waals surface area contributed by atoms with E-state index in [-0.39, 0.29) is 5.91 Å². The number of nitrogens with one attached hydrogen (secondary N) is 1. The molecule has 0 aliphatic carbocycles. The molecule has 0 atom stereocenters. The van der Waals surface area contributed by atoms with E-state index in [1.807, 2.05) is 18.2 Å². The third-order valence-electron chi connectivity index (χ3n) is 2.61. The van der Waals surface area contributed by atoms with E-state index in [2.05, 4.69) is 24.1 Å². The highest BCUT2D eigenvalue weighted by Crippen LogP contribution is 2.35. The van der Waals surface area contributed by atoms with Crippen molar-refractivity contribution >= 4 is 17.3 Å². The summed E-state index contributed by atoms with van der Waals surface area (Å²) < 4.78 is 5.41. The summed E-state index contributed by atoms with van der Waals surface area (Å²) in [4.78, 5) is 13.3. The van der Waals surface area contributed by atoms with E-state index in [0.717, 1.165) is 18.8 Å². The van der Waals surface area contributed by atoms with Gasteiger partial charge in [-0.2, -0.15) is 0 Å². The van der Waals surface area contributed by atoms with Crippen LogP contribution >= 0.6 is 0 Å². The molecule has 0 fully saturated rings. The zero-order valence-electron chi connectivity index (χ0n) is 10.9. The van der Waals surface area contributed by atoms with E-state index in [1.165, 1.54) is 6.92 Å². The normalized spacial score (nSPS) is 9.88. The summed E-state index contributed by atoms with van der Waals surface area (Å²) in [7, 11) is 1.62. The summed E-state index contributed by atoms with van der Waals surface area (Å²) in [6.07, 6.45) is 0. The second kappa shape index (κ2) is 6.13. The van der Waals surface area contributed by atoms with Gasteiger partial charge in [0.2, 0.25) is 5.91 Å². The molecule has 0 aliphatic rings. The molecular formula is C13H20N2O2. The maximum atomic E-state index is 11.1. The van der Waals surface area contributed by atoms with Crippen molar-refractivity contribution in [2.75, 3.05) is 30.4 Å². The number of carbonyl (C=O) groups excluding carboxylic acids is 1. The first-order valence-corrected chi connectivity index (χ1v) is 5.83. The summed E-state index contributed by atoms with van der Waals surface area (Å²) in [6, 6.07) is 5.76. The molecule has 0 bridgehead atoms. The van der Waals surface area contributed by atoms with Crippen LogP contribution in [-0.2, 0) is 4.79 Å². The lowest BCUT2D eigenvalue weighted by Crippen LogP contribution is -2.22. The van der Waals surface area contributed by atoms with Crippen LogP contribution in [0.25, 0.3) is 0 Å². The van der Waals surface area contributed by atoms with Gasteiger partial charge in [0.25, 0.3) is 0 Å². The first-order chi connectivity index (χ1) is 8.13. The molecule has 0 radical (unpaired) electrons. The fraction of sp³-hybridized carbons (Fsp3) is 0.462. The Kier molecular flexibility index (Phi) is 4.82. The van der Waals surface area contributed by atoms with Crippen LogP contribution in [0, 0.1) is 0 Å². The molecule has 1 aromatic rings. The van der Waals surface area contributed by atoms with Crippen LogP contribution in [0.15, 0.2) is 18.2 Å². The zero-order valence-corrected chi connectivity index (χ0v) is 10.9. The molecule has 0 unspecified atom stereocenters. The van der Waals surface area contributed by atoms with Crippen LogP contribution in [0.4, 0.5) is 11.4 Å². The number of rotatable bonds is 5. The third-order valence-corrected chi connectivity index (χ3v) is 2.61. The standard InChI is InChI=1S/C13H20N2O2/c1-5-15(6-2)12-9-7-8-11(13(12)17-4)14-10(3)16/h7-9H,5-6H2,1-4H3,(H,14,16). The van der Waals surface area contributed by atoms with Gasteiger partial charge >= 0.3 is 0 Å².